The highest BCUT2D eigenvalue weighted by Gasteiger charge is 2.71. The zero-order chi connectivity index (χ0) is 63.1. The molecule has 0 aromatic carbocycles. The lowest BCUT2D eigenvalue weighted by molar-refractivity contribution is -0.404. The number of carbonyl (C=O) groups is 1. The van der Waals surface area contributed by atoms with Crippen LogP contribution >= 0.6 is 0 Å². The number of allylic oxidation sites excluding steroid dienone is 2. The lowest BCUT2D eigenvalue weighted by Gasteiger charge is -2.57. The van der Waals surface area contributed by atoms with Crippen molar-refractivity contribution < 1.29 is 148 Å². The van der Waals surface area contributed by atoms with Gasteiger partial charge in [-0.15, -0.1) is 0 Å². The van der Waals surface area contributed by atoms with Gasteiger partial charge >= 0.3 is 0 Å². The van der Waals surface area contributed by atoms with Crippen molar-refractivity contribution in [3.05, 3.63) is 11.6 Å². The predicted octanol–water partition coefficient (Wildman–Crippen LogP) is -6.77. The zero-order valence-corrected chi connectivity index (χ0v) is 49.2. The van der Waals surface area contributed by atoms with Crippen LogP contribution in [0.4, 0.5) is 0 Å². The monoisotopic (exact) mass is 1260 g/mol. The molecule has 0 aromatic heterocycles. The second-order valence-corrected chi connectivity index (χ2v) is 26.4. The number of aliphatic hydroxyl groups is 17. The van der Waals surface area contributed by atoms with Gasteiger partial charge in [-0.05, 0) is 73.7 Å². The first-order chi connectivity index (χ1) is 41.2. The third kappa shape index (κ3) is 12.2. The summed E-state index contributed by atoms with van der Waals surface area (Å²) in [6.07, 6.45) is -39.2. The van der Waals surface area contributed by atoms with Gasteiger partial charge in [0.2, 0.25) is 0 Å². The summed E-state index contributed by atoms with van der Waals surface area (Å²) in [7, 11) is 1.60. The Morgan fingerprint density at radius 1 is 0.598 bits per heavy atom. The molecule has 0 radical (unpaired) electrons. The van der Waals surface area contributed by atoms with Crippen LogP contribution in [0.2, 0.25) is 0 Å². The molecule has 10 aliphatic rings. The highest BCUT2D eigenvalue weighted by Crippen LogP contribution is 2.69. The number of rotatable bonds is 19. The summed E-state index contributed by atoms with van der Waals surface area (Å²) in [6, 6.07) is 0. The van der Waals surface area contributed by atoms with Gasteiger partial charge in [0.05, 0.1) is 58.0 Å². The van der Waals surface area contributed by atoms with Crippen molar-refractivity contribution in [1.82, 2.24) is 0 Å². The number of ketones is 1. The first kappa shape index (κ1) is 68.1. The standard InChI is InChI=1S/C57H92O30/c1-20(18-77-50-44(73)40(69)37(66)30(14-58)80-50)8-9-57(76-5)21(2)35-29(87-57)11-25-23-7-6-22-10-28(26(62)13-55(22,3)24(23)12-34(64)56(25,35)4)79-52-46(75)42(71)47(33(17-61)83-52)84-54-49(86-53-45(74)41(70)38(67)31(15-59)81-53)48(39(68)32(16-60)82-54)85-51-43(72)36(65)27(63)19-78-51/h12,20-23,25-33,35-54,58-63,65-75H,6-11,13-19H2,1-5H3/t20-,21+,22+,23-,25+,26-,27-,28-,29+,30-,31-,32-,33-,35+,36+,37-,38-,39-,40+,41+,42-,43-,44-,45-,46-,47+,48+,49-,50-,51+,52-,53+,54+,55+,56-,57?/m1/s1. The number of hydrogen-bond acceptors (Lipinski definition) is 30. The summed E-state index contributed by atoms with van der Waals surface area (Å²) in [4.78, 5) is 14.9. The van der Waals surface area contributed by atoms with Crippen LogP contribution in [0.1, 0.15) is 72.6 Å². The maximum Gasteiger partial charge on any atom is 0.187 e. The molecular formula is C57H92O30. The molecule has 6 saturated heterocycles. The molecule has 0 aromatic rings. The molecule has 87 heavy (non-hydrogen) atoms. The van der Waals surface area contributed by atoms with E-state index < -0.39 is 209 Å². The molecule has 0 bridgehead atoms. The van der Waals surface area contributed by atoms with Crippen LogP contribution in [0.25, 0.3) is 0 Å². The van der Waals surface area contributed by atoms with E-state index in [4.69, 9.17) is 56.8 Å². The second-order valence-electron chi connectivity index (χ2n) is 26.4. The van der Waals surface area contributed by atoms with E-state index in [2.05, 4.69) is 6.92 Å². The van der Waals surface area contributed by atoms with Crippen LogP contribution in [0, 0.1) is 46.3 Å². The van der Waals surface area contributed by atoms with Crippen LogP contribution in [-0.2, 0) is 61.6 Å². The Morgan fingerprint density at radius 2 is 1.15 bits per heavy atom. The van der Waals surface area contributed by atoms with Gasteiger partial charge < -0.3 is 144 Å². The third-order valence-electron chi connectivity index (χ3n) is 21.4. The minimum atomic E-state index is -2.06. The van der Waals surface area contributed by atoms with Crippen LogP contribution in [0.15, 0.2) is 11.6 Å². The van der Waals surface area contributed by atoms with Gasteiger partial charge in [-0.2, -0.15) is 0 Å². The normalized spacial score (nSPS) is 53.9. The van der Waals surface area contributed by atoms with Gasteiger partial charge in [0.25, 0.3) is 0 Å². The molecule has 6 aliphatic heterocycles. The predicted molar refractivity (Wildman–Crippen MR) is 285 cm³/mol. The molecule has 6 heterocycles. The van der Waals surface area contributed by atoms with E-state index in [-0.39, 0.29) is 66.8 Å². The number of methoxy groups -OCH3 is 1. The SMILES string of the molecule is COC1(CC[C@@H](C)CO[C@@H]2O[C@H](CO)[C@@H](O)[C@H](O)[C@H]2O)O[C@H]2C[C@H]3[C@@H]4CC[C@H]5C[C@@H](O[C@@H]6O[C@H](CO)[C@H](O[C@@H]7O[C@H](CO)[C@@H](O)[C@H](O[C@@H]8OC[C@@H](O)[C@H](O)[C@H]8O)[C@H]7O[C@@H]7O[C@H](CO)[C@@H](O)[C@H](O)[C@H]7O)[C@H](O)[C@H]6O)[C@H](O)C[C@]5(C)C4=CC(=O)[C@]3(C)[C@H]2[C@@H]1C. The van der Waals surface area contributed by atoms with Crippen LogP contribution in [-0.4, -0.2) is 311 Å². The largest absolute Gasteiger partial charge is 0.394 e. The summed E-state index contributed by atoms with van der Waals surface area (Å²) in [5.41, 5.74) is -0.516. The topological polar surface area (TPSA) is 472 Å². The zero-order valence-electron chi connectivity index (χ0n) is 49.2. The summed E-state index contributed by atoms with van der Waals surface area (Å²) >= 11 is 0. The van der Waals surface area contributed by atoms with Gasteiger partial charge in [-0.3, -0.25) is 4.79 Å². The molecule has 36 atom stereocenters. The first-order valence-electron chi connectivity index (χ1n) is 30.5. The summed E-state index contributed by atoms with van der Waals surface area (Å²) in [5, 5.41) is 182. The molecule has 10 rings (SSSR count). The van der Waals surface area contributed by atoms with E-state index in [1.165, 1.54) is 0 Å². The average Bonchev–Trinajstić information content (AvgIpc) is 1.58. The maximum absolute atomic E-state index is 14.9. The Kier molecular flexibility index (Phi) is 21.1. The molecule has 1 unspecified atom stereocenters. The Morgan fingerprint density at radius 3 is 1.79 bits per heavy atom. The first-order valence-corrected chi connectivity index (χ1v) is 30.5. The van der Waals surface area contributed by atoms with Crippen molar-refractivity contribution >= 4 is 5.78 Å². The lowest BCUT2D eigenvalue weighted by Crippen LogP contribution is -2.68. The number of ether oxygens (including phenoxy) is 12. The van der Waals surface area contributed by atoms with E-state index in [9.17, 15) is 91.6 Å². The number of hydrogen-bond donors (Lipinski definition) is 17. The molecule has 0 spiro atoms. The van der Waals surface area contributed by atoms with E-state index in [0.717, 1.165) is 5.57 Å². The number of aliphatic hydroxyl groups excluding tert-OH is 17. The van der Waals surface area contributed by atoms with Crippen LogP contribution < -0.4 is 0 Å². The summed E-state index contributed by atoms with van der Waals surface area (Å²) in [6.45, 7) is 4.32. The molecule has 500 valence electrons. The summed E-state index contributed by atoms with van der Waals surface area (Å²) in [5.74, 6) is -1.81. The van der Waals surface area contributed by atoms with E-state index in [0.29, 0.717) is 32.1 Å². The third-order valence-corrected chi connectivity index (χ3v) is 21.4. The molecule has 9 fully saturated rings. The smallest absolute Gasteiger partial charge is 0.187 e. The highest BCUT2D eigenvalue weighted by molar-refractivity contribution is 5.97. The van der Waals surface area contributed by atoms with E-state index >= 15 is 0 Å². The fourth-order valence-electron chi connectivity index (χ4n) is 16.2. The van der Waals surface area contributed by atoms with Gasteiger partial charge in [-0.1, -0.05) is 33.3 Å². The quantitative estimate of drug-likeness (QED) is 0.0535. The molecular weight excluding hydrogens is 1160 g/mol. The maximum atomic E-state index is 14.9. The van der Waals surface area contributed by atoms with E-state index in [1.54, 1.807) is 13.2 Å². The van der Waals surface area contributed by atoms with Crippen molar-refractivity contribution in [1.29, 1.82) is 0 Å². The Hall–Kier alpha value is -1.75. The fourth-order valence-corrected chi connectivity index (χ4v) is 16.2. The van der Waals surface area contributed by atoms with Crippen molar-refractivity contribution in [3.63, 3.8) is 0 Å². The molecule has 30 heteroatoms. The molecule has 3 saturated carbocycles. The lowest BCUT2D eigenvalue weighted by atomic mass is 9.47. The van der Waals surface area contributed by atoms with Gasteiger partial charge in [0, 0.05) is 30.8 Å². The Bertz CT molecular complexity index is 2340. The molecule has 4 aliphatic carbocycles. The van der Waals surface area contributed by atoms with Crippen LogP contribution in [0.3, 0.4) is 0 Å². The summed E-state index contributed by atoms with van der Waals surface area (Å²) < 4.78 is 72.0. The molecule has 30 nitrogen and oxygen atoms in total. The van der Waals surface area contributed by atoms with Crippen molar-refractivity contribution in [2.45, 2.75) is 244 Å². The van der Waals surface area contributed by atoms with Crippen LogP contribution in [0.5, 0.6) is 0 Å². The fraction of sp³-hybridized carbons (Fsp3) is 0.947. The van der Waals surface area contributed by atoms with E-state index in [1.807, 2.05) is 20.8 Å². The van der Waals surface area contributed by atoms with Crippen molar-refractivity contribution in [3.8, 4) is 0 Å². The minimum absolute atomic E-state index is 0.0142. The second kappa shape index (κ2) is 26.9. The minimum Gasteiger partial charge on any atom is -0.394 e. The Labute approximate surface area is 501 Å². The van der Waals surface area contributed by atoms with Gasteiger partial charge in [0.1, 0.15) is 116 Å². The Balaban J connectivity index is 0.798. The molecule has 0 amide bonds. The van der Waals surface area contributed by atoms with Gasteiger partial charge in [0.15, 0.2) is 43.0 Å². The van der Waals surface area contributed by atoms with Gasteiger partial charge in [-0.25, -0.2) is 0 Å². The number of carbonyl (C=O) groups excluding carboxylic acids is 1. The van der Waals surface area contributed by atoms with Crippen molar-refractivity contribution in [2.24, 2.45) is 46.3 Å². The average molecular weight is 1260 g/mol. The highest BCUT2D eigenvalue weighted by atomic mass is 16.8. The molecule has 17 N–H and O–H groups in total. The number of fused-ring (bicyclic) bond motifs is 7. The van der Waals surface area contributed by atoms with Crippen molar-refractivity contribution in [2.75, 3.05) is 46.8 Å².